The maximum absolute atomic E-state index is 5.38. The summed E-state index contributed by atoms with van der Waals surface area (Å²) in [6, 6.07) is 17.5. The van der Waals surface area contributed by atoms with Gasteiger partial charge in [0.1, 0.15) is 5.82 Å². The zero-order chi connectivity index (χ0) is 24.6. The van der Waals surface area contributed by atoms with Gasteiger partial charge >= 0.3 is 0 Å². The number of benzene rings is 2. The molecule has 4 rings (SSSR count). The van der Waals surface area contributed by atoms with E-state index in [0.29, 0.717) is 12.6 Å². The van der Waals surface area contributed by atoms with Crippen LogP contribution in [-0.2, 0) is 4.74 Å². The maximum Gasteiger partial charge on any atom is 0.138 e. The van der Waals surface area contributed by atoms with E-state index in [1.54, 1.807) is 0 Å². The quantitative estimate of drug-likeness (QED) is 0.283. The van der Waals surface area contributed by atoms with Crippen molar-refractivity contribution in [1.29, 1.82) is 0 Å². The average Bonchev–Trinajstić information content (AvgIpc) is 3.33. The molecule has 3 aromatic rings. The third-order valence-corrected chi connectivity index (χ3v) is 6.02. The number of ether oxygens (including phenoxy) is 1. The molecule has 0 bridgehead atoms. The van der Waals surface area contributed by atoms with Crippen LogP contribution in [0.25, 0.3) is 34.3 Å². The van der Waals surface area contributed by atoms with E-state index in [9.17, 15) is 0 Å². The Morgan fingerprint density at radius 2 is 1.74 bits per heavy atom. The molecule has 1 aromatic heterocycles. The number of nitrogens with zero attached hydrogens (tertiary/aromatic N) is 1. The minimum atomic E-state index is 0.396. The summed E-state index contributed by atoms with van der Waals surface area (Å²) >= 11 is 0. The molecule has 3 N–H and O–H groups in total. The summed E-state index contributed by atoms with van der Waals surface area (Å²) in [6.45, 7) is 7.66. The maximum atomic E-state index is 5.38. The van der Waals surface area contributed by atoms with Gasteiger partial charge in [0.25, 0.3) is 0 Å². The van der Waals surface area contributed by atoms with Crippen LogP contribution >= 0.6 is 0 Å². The topological polar surface area (TPSA) is 62.0 Å². The number of aromatic amines is 1. The van der Waals surface area contributed by atoms with E-state index < -0.39 is 0 Å². The molecule has 0 amide bonds. The highest BCUT2D eigenvalue weighted by Crippen LogP contribution is 2.35. The first-order valence-corrected chi connectivity index (χ1v) is 12.5. The van der Waals surface area contributed by atoms with Crippen molar-refractivity contribution in [2.75, 3.05) is 25.6 Å². The largest absolute Gasteiger partial charge is 0.391 e. The van der Waals surface area contributed by atoms with E-state index in [1.807, 2.05) is 20.0 Å². The van der Waals surface area contributed by atoms with Crippen molar-refractivity contribution in [3.63, 3.8) is 0 Å². The fourth-order valence-corrected chi connectivity index (χ4v) is 4.18. The first-order chi connectivity index (χ1) is 17.1. The second kappa shape index (κ2) is 11.7. The number of anilines is 1. The predicted molar refractivity (Wildman–Crippen MR) is 148 cm³/mol. The molecular weight excluding hydrogens is 432 g/mol. The van der Waals surface area contributed by atoms with E-state index in [-0.39, 0.29) is 0 Å². The van der Waals surface area contributed by atoms with Crippen molar-refractivity contribution in [3.05, 3.63) is 83.7 Å². The fourth-order valence-electron chi connectivity index (χ4n) is 4.18. The first kappa shape index (κ1) is 24.6. The van der Waals surface area contributed by atoms with Crippen LogP contribution in [0.15, 0.2) is 72.5 Å². The predicted octanol–water partition coefficient (Wildman–Crippen LogP) is 6.89. The SMILES string of the molecule is CCOC/C=C/c1ccc(-c2nc(C3=CC=C(NC)CC3)c(-c3ccc(NC(C)C)cc3)[nH]2)cc1. The van der Waals surface area contributed by atoms with Gasteiger partial charge in [-0.25, -0.2) is 4.98 Å². The van der Waals surface area contributed by atoms with E-state index in [1.165, 1.54) is 11.3 Å². The standard InChI is InChI=1S/C30H36N4O/c1-5-35-20-6-7-22-8-10-25(11-9-22)30-33-28(23-12-16-26(31-4)17-13-23)29(34-30)24-14-18-27(19-15-24)32-21(2)3/h6-12,14-16,18-19,21,31-32H,5,13,17,20H2,1-4H3,(H,33,34)/b7-6+. The molecule has 5 nitrogen and oxygen atoms in total. The minimum absolute atomic E-state index is 0.396. The summed E-state index contributed by atoms with van der Waals surface area (Å²) in [5, 5.41) is 6.73. The van der Waals surface area contributed by atoms with Gasteiger partial charge < -0.3 is 20.4 Å². The molecule has 1 aliphatic rings. The lowest BCUT2D eigenvalue weighted by Crippen LogP contribution is -2.09. The number of hydrogen-bond donors (Lipinski definition) is 3. The zero-order valence-corrected chi connectivity index (χ0v) is 21.2. The Morgan fingerprint density at radius 3 is 2.37 bits per heavy atom. The van der Waals surface area contributed by atoms with Gasteiger partial charge in [0.2, 0.25) is 0 Å². The third kappa shape index (κ3) is 6.31. The van der Waals surface area contributed by atoms with Gasteiger partial charge in [-0.2, -0.15) is 0 Å². The van der Waals surface area contributed by atoms with Crippen molar-refractivity contribution in [1.82, 2.24) is 15.3 Å². The molecule has 0 fully saturated rings. The van der Waals surface area contributed by atoms with Crippen molar-refractivity contribution in [3.8, 4) is 22.6 Å². The zero-order valence-electron chi connectivity index (χ0n) is 21.2. The molecular formula is C30H36N4O. The van der Waals surface area contributed by atoms with Crippen LogP contribution in [0.3, 0.4) is 0 Å². The lowest BCUT2D eigenvalue weighted by atomic mass is 9.96. The van der Waals surface area contributed by atoms with Gasteiger partial charge in [0, 0.05) is 42.2 Å². The molecule has 0 saturated heterocycles. The highest BCUT2D eigenvalue weighted by molar-refractivity contribution is 5.81. The monoisotopic (exact) mass is 468 g/mol. The number of imidazole rings is 1. The van der Waals surface area contributed by atoms with Crippen LogP contribution in [0.4, 0.5) is 5.69 Å². The lowest BCUT2D eigenvalue weighted by molar-refractivity contribution is 0.178. The second-order valence-corrected chi connectivity index (χ2v) is 9.00. The van der Waals surface area contributed by atoms with E-state index in [2.05, 4.69) is 96.2 Å². The number of allylic oxidation sites excluding steroid dienone is 4. The molecule has 0 aliphatic heterocycles. The normalized spacial score (nSPS) is 13.7. The molecule has 5 heteroatoms. The Morgan fingerprint density at radius 1 is 1.00 bits per heavy atom. The first-order valence-electron chi connectivity index (χ1n) is 12.5. The number of H-pyrrole nitrogens is 1. The average molecular weight is 469 g/mol. The smallest absolute Gasteiger partial charge is 0.138 e. The number of rotatable bonds is 10. The van der Waals surface area contributed by atoms with Crippen LogP contribution in [0, 0.1) is 0 Å². The van der Waals surface area contributed by atoms with Crippen molar-refractivity contribution in [2.45, 2.75) is 39.7 Å². The second-order valence-electron chi connectivity index (χ2n) is 9.00. The van der Waals surface area contributed by atoms with E-state index in [4.69, 9.17) is 9.72 Å². The van der Waals surface area contributed by atoms with Crippen LogP contribution in [-0.4, -0.2) is 36.3 Å². The summed E-state index contributed by atoms with van der Waals surface area (Å²) in [5.74, 6) is 0.883. The number of aromatic nitrogens is 2. The molecule has 0 saturated carbocycles. The van der Waals surface area contributed by atoms with Gasteiger partial charge in [-0.3, -0.25) is 0 Å². The molecule has 0 unspecified atom stereocenters. The Balaban J connectivity index is 1.67. The number of nitrogens with one attached hydrogen (secondary N) is 3. The van der Waals surface area contributed by atoms with Crippen LogP contribution in [0.1, 0.15) is 44.9 Å². The van der Waals surface area contributed by atoms with Gasteiger partial charge in [-0.1, -0.05) is 54.6 Å². The van der Waals surface area contributed by atoms with Crippen LogP contribution in [0.5, 0.6) is 0 Å². The summed E-state index contributed by atoms with van der Waals surface area (Å²) in [5.41, 5.74) is 9.06. The summed E-state index contributed by atoms with van der Waals surface area (Å²) in [4.78, 5) is 8.72. The molecule has 35 heavy (non-hydrogen) atoms. The van der Waals surface area contributed by atoms with E-state index >= 15 is 0 Å². The molecule has 2 aromatic carbocycles. The molecule has 0 atom stereocenters. The molecule has 0 spiro atoms. The Bertz CT molecular complexity index is 1200. The van der Waals surface area contributed by atoms with Gasteiger partial charge in [0.15, 0.2) is 0 Å². The van der Waals surface area contributed by atoms with Gasteiger partial charge in [-0.15, -0.1) is 0 Å². The van der Waals surface area contributed by atoms with Crippen molar-refractivity contribution in [2.24, 2.45) is 0 Å². The van der Waals surface area contributed by atoms with Crippen molar-refractivity contribution >= 4 is 17.3 Å². The van der Waals surface area contributed by atoms with Crippen LogP contribution < -0.4 is 10.6 Å². The Hall–Kier alpha value is -3.57. The molecule has 1 aliphatic carbocycles. The fraction of sp³-hybridized carbons (Fsp3) is 0.300. The van der Waals surface area contributed by atoms with Gasteiger partial charge in [-0.05, 0) is 63.0 Å². The lowest BCUT2D eigenvalue weighted by Gasteiger charge is -2.14. The number of hydrogen-bond acceptors (Lipinski definition) is 4. The molecule has 0 radical (unpaired) electrons. The summed E-state index contributed by atoms with van der Waals surface area (Å²) in [6.07, 6.45) is 10.4. The van der Waals surface area contributed by atoms with Crippen molar-refractivity contribution < 1.29 is 4.74 Å². The Kier molecular flexibility index (Phi) is 8.22. The minimum Gasteiger partial charge on any atom is -0.391 e. The summed E-state index contributed by atoms with van der Waals surface area (Å²) in [7, 11) is 1.98. The molecule has 1 heterocycles. The summed E-state index contributed by atoms with van der Waals surface area (Å²) < 4.78 is 5.38. The molecule has 182 valence electrons. The Labute approximate surface area is 209 Å². The highest BCUT2D eigenvalue weighted by Gasteiger charge is 2.18. The highest BCUT2D eigenvalue weighted by atomic mass is 16.5. The third-order valence-electron chi connectivity index (χ3n) is 6.02. The van der Waals surface area contributed by atoms with E-state index in [0.717, 1.165) is 59.0 Å². The van der Waals surface area contributed by atoms with Gasteiger partial charge in [0.05, 0.1) is 18.0 Å². The van der Waals surface area contributed by atoms with Crippen LogP contribution in [0.2, 0.25) is 0 Å².